The summed E-state index contributed by atoms with van der Waals surface area (Å²) in [6, 6.07) is 6.43. The molecule has 1 rings (SSSR count). The number of rotatable bonds is 6. The molecule has 0 spiro atoms. The predicted molar refractivity (Wildman–Crippen MR) is 62.5 cm³/mol. The Morgan fingerprint density at radius 3 is 2.59 bits per heavy atom. The van der Waals surface area contributed by atoms with Gasteiger partial charge in [0.15, 0.2) is 0 Å². The molecule has 5 heteroatoms. The van der Waals surface area contributed by atoms with Crippen LogP contribution in [0.15, 0.2) is 24.3 Å². The minimum atomic E-state index is -0.766. The molecule has 17 heavy (non-hydrogen) atoms. The Morgan fingerprint density at radius 1 is 1.41 bits per heavy atom. The zero-order valence-electron chi connectivity index (χ0n) is 9.76. The standard InChI is InChI=1S/C12H17NO4/c1-16-10-4-2-9(3-5-10)8-17-12(15)11(13)6-7-14/h2-5,11,14H,6-8,13H2,1H3. The second-order valence-electron chi connectivity index (χ2n) is 3.57. The Labute approximate surface area is 100 Å². The maximum Gasteiger partial charge on any atom is 0.323 e. The van der Waals surface area contributed by atoms with E-state index in [4.69, 9.17) is 20.3 Å². The van der Waals surface area contributed by atoms with Crippen LogP contribution in [0.3, 0.4) is 0 Å². The van der Waals surface area contributed by atoms with E-state index in [-0.39, 0.29) is 19.6 Å². The van der Waals surface area contributed by atoms with E-state index >= 15 is 0 Å². The first-order valence-corrected chi connectivity index (χ1v) is 5.33. The fourth-order valence-electron chi connectivity index (χ4n) is 1.24. The molecule has 1 unspecified atom stereocenters. The Kier molecular flexibility index (Phi) is 5.45. The fourth-order valence-corrected chi connectivity index (χ4v) is 1.24. The lowest BCUT2D eigenvalue weighted by atomic mass is 10.2. The van der Waals surface area contributed by atoms with Gasteiger partial charge in [-0.25, -0.2) is 0 Å². The van der Waals surface area contributed by atoms with Gasteiger partial charge in [0.25, 0.3) is 0 Å². The lowest BCUT2D eigenvalue weighted by molar-refractivity contribution is -0.146. The summed E-state index contributed by atoms with van der Waals surface area (Å²) >= 11 is 0. The molecule has 0 bridgehead atoms. The van der Waals surface area contributed by atoms with Gasteiger partial charge in [0.2, 0.25) is 0 Å². The minimum absolute atomic E-state index is 0.126. The van der Waals surface area contributed by atoms with E-state index in [0.29, 0.717) is 0 Å². The number of aliphatic hydroxyl groups is 1. The Balaban J connectivity index is 2.41. The molecule has 1 aromatic carbocycles. The third-order valence-corrected chi connectivity index (χ3v) is 2.28. The molecule has 0 saturated heterocycles. The molecule has 0 saturated carbocycles. The summed E-state index contributed by atoms with van der Waals surface area (Å²) in [5, 5.41) is 8.63. The second-order valence-corrected chi connectivity index (χ2v) is 3.57. The van der Waals surface area contributed by atoms with Crippen molar-refractivity contribution >= 4 is 5.97 Å². The molecule has 0 fully saturated rings. The molecule has 0 aliphatic carbocycles. The van der Waals surface area contributed by atoms with Crippen LogP contribution in [0, 0.1) is 0 Å². The number of ether oxygens (including phenoxy) is 2. The molecule has 1 aromatic rings. The number of hydrogen-bond acceptors (Lipinski definition) is 5. The summed E-state index contributed by atoms with van der Waals surface area (Å²) in [7, 11) is 1.59. The first-order valence-electron chi connectivity index (χ1n) is 5.33. The maximum atomic E-state index is 11.3. The van der Waals surface area contributed by atoms with Crippen LogP contribution in [0.5, 0.6) is 5.75 Å². The monoisotopic (exact) mass is 239 g/mol. The van der Waals surface area contributed by atoms with E-state index in [1.165, 1.54) is 0 Å². The maximum absolute atomic E-state index is 11.3. The van der Waals surface area contributed by atoms with Gasteiger partial charge < -0.3 is 20.3 Å². The normalized spacial score (nSPS) is 11.9. The molecule has 94 valence electrons. The van der Waals surface area contributed by atoms with Gasteiger partial charge in [-0.2, -0.15) is 0 Å². The third-order valence-electron chi connectivity index (χ3n) is 2.28. The van der Waals surface area contributed by atoms with Gasteiger partial charge in [-0.3, -0.25) is 4.79 Å². The van der Waals surface area contributed by atoms with Crippen LogP contribution < -0.4 is 10.5 Å². The SMILES string of the molecule is COc1ccc(COC(=O)C(N)CCO)cc1. The summed E-state index contributed by atoms with van der Waals surface area (Å²) in [4.78, 5) is 11.3. The molecular weight excluding hydrogens is 222 g/mol. The molecule has 1 atom stereocenters. The van der Waals surface area contributed by atoms with Crippen LogP contribution in [0.2, 0.25) is 0 Å². The molecule has 0 radical (unpaired) electrons. The van der Waals surface area contributed by atoms with E-state index in [2.05, 4.69) is 0 Å². The fraction of sp³-hybridized carbons (Fsp3) is 0.417. The van der Waals surface area contributed by atoms with Crippen LogP contribution in [0.1, 0.15) is 12.0 Å². The Morgan fingerprint density at radius 2 is 2.06 bits per heavy atom. The van der Waals surface area contributed by atoms with Gasteiger partial charge in [-0.05, 0) is 24.1 Å². The minimum Gasteiger partial charge on any atom is -0.497 e. The highest BCUT2D eigenvalue weighted by atomic mass is 16.5. The lowest BCUT2D eigenvalue weighted by Gasteiger charge is -2.10. The van der Waals surface area contributed by atoms with Crippen molar-refractivity contribution in [1.29, 1.82) is 0 Å². The average Bonchev–Trinajstić information content (AvgIpc) is 2.36. The van der Waals surface area contributed by atoms with Crippen molar-refractivity contribution in [2.45, 2.75) is 19.1 Å². The van der Waals surface area contributed by atoms with Gasteiger partial charge in [0, 0.05) is 6.61 Å². The number of benzene rings is 1. The second kappa shape index (κ2) is 6.88. The predicted octanol–water partition coefficient (Wildman–Crippen LogP) is 0.448. The average molecular weight is 239 g/mol. The molecule has 0 amide bonds. The number of aliphatic hydroxyl groups excluding tert-OH is 1. The van der Waals surface area contributed by atoms with Crippen molar-refractivity contribution in [1.82, 2.24) is 0 Å². The quantitative estimate of drug-likeness (QED) is 0.704. The molecule has 3 N–H and O–H groups in total. The van der Waals surface area contributed by atoms with E-state index in [0.717, 1.165) is 11.3 Å². The molecule has 0 aliphatic heterocycles. The van der Waals surface area contributed by atoms with Crippen LogP contribution in [-0.4, -0.2) is 30.8 Å². The van der Waals surface area contributed by atoms with Crippen LogP contribution in [0.25, 0.3) is 0 Å². The number of hydrogen-bond donors (Lipinski definition) is 2. The number of methoxy groups -OCH3 is 1. The zero-order valence-corrected chi connectivity index (χ0v) is 9.76. The first kappa shape index (κ1) is 13.5. The van der Waals surface area contributed by atoms with Crippen LogP contribution in [0.4, 0.5) is 0 Å². The smallest absolute Gasteiger partial charge is 0.323 e. The Bertz CT molecular complexity index is 350. The zero-order chi connectivity index (χ0) is 12.7. The van der Waals surface area contributed by atoms with E-state index in [1.54, 1.807) is 19.2 Å². The lowest BCUT2D eigenvalue weighted by Crippen LogP contribution is -2.33. The number of esters is 1. The van der Waals surface area contributed by atoms with Gasteiger partial charge in [0.1, 0.15) is 18.4 Å². The molecule has 0 aliphatic rings. The number of nitrogens with two attached hydrogens (primary N) is 1. The van der Waals surface area contributed by atoms with Crippen molar-refractivity contribution in [2.24, 2.45) is 5.73 Å². The van der Waals surface area contributed by atoms with Crippen molar-refractivity contribution in [3.05, 3.63) is 29.8 Å². The summed E-state index contributed by atoms with van der Waals surface area (Å²) in [5.74, 6) is 0.243. The molecule has 0 aromatic heterocycles. The summed E-state index contributed by atoms with van der Waals surface area (Å²) in [5.41, 5.74) is 6.34. The van der Waals surface area contributed by atoms with Crippen LogP contribution >= 0.6 is 0 Å². The molecular formula is C12H17NO4. The molecule has 5 nitrogen and oxygen atoms in total. The van der Waals surface area contributed by atoms with Crippen molar-refractivity contribution < 1.29 is 19.4 Å². The van der Waals surface area contributed by atoms with Gasteiger partial charge >= 0.3 is 5.97 Å². The summed E-state index contributed by atoms with van der Waals surface area (Å²) in [6.07, 6.45) is 0.210. The summed E-state index contributed by atoms with van der Waals surface area (Å²) in [6.45, 7) is 0.0424. The number of carbonyl (C=O) groups is 1. The highest BCUT2D eigenvalue weighted by Gasteiger charge is 2.13. The highest BCUT2D eigenvalue weighted by molar-refractivity contribution is 5.75. The Hall–Kier alpha value is -1.59. The summed E-state index contributed by atoms with van der Waals surface area (Å²) < 4.78 is 10.0. The van der Waals surface area contributed by atoms with Gasteiger partial charge in [-0.1, -0.05) is 12.1 Å². The molecule has 0 heterocycles. The van der Waals surface area contributed by atoms with Crippen molar-refractivity contribution in [2.75, 3.05) is 13.7 Å². The topological polar surface area (TPSA) is 81.8 Å². The first-order chi connectivity index (χ1) is 8.17. The van der Waals surface area contributed by atoms with Crippen molar-refractivity contribution in [3.63, 3.8) is 0 Å². The van der Waals surface area contributed by atoms with Crippen molar-refractivity contribution in [3.8, 4) is 5.75 Å². The van der Waals surface area contributed by atoms with E-state index in [9.17, 15) is 4.79 Å². The van der Waals surface area contributed by atoms with Gasteiger partial charge in [0.05, 0.1) is 7.11 Å². The van der Waals surface area contributed by atoms with Crippen LogP contribution in [-0.2, 0) is 16.1 Å². The van der Waals surface area contributed by atoms with Gasteiger partial charge in [-0.15, -0.1) is 0 Å². The van der Waals surface area contributed by atoms with E-state index < -0.39 is 12.0 Å². The number of carbonyl (C=O) groups excluding carboxylic acids is 1. The largest absolute Gasteiger partial charge is 0.497 e. The third kappa shape index (κ3) is 4.42. The highest BCUT2D eigenvalue weighted by Crippen LogP contribution is 2.12. The van der Waals surface area contributed by atoms with E-state index in [1.807, 2.05) is 12.1 Å².